The highest BCUT2D eigenvalue weighted by Crippen LogP contribution is 2.25. The number of aliphatic hydroxyl groups is 2. The second-order valence-electron chi connectivity index (χ2n) is 7.66. The van der Waals surface area contributed by atoms with Gasteiger partial charge in [0.1, 0.15) is 5.52 Å². The molecule has 0 aliphatic carbocycles. The maximum atomic E-state index is 10.3. The van der Waals surface area contributed by atoms with Gasteiger partial charge in [0.2, 0.25) is 6.35 Å². The predicted octanol–water partition coefficient (Wildman–Crippen LogP) is 1.92. The first-order chi connectivity index (χ1) is 16.2. The minimum Gasteiger partial charge on any atom is -0.390 e. The molecular weight excluding hydrogens is 422 g/mol. The summed E-state index contributed by atoms with van der Waals surface area (Å²) in [7, 11) is 0. The lowest BCUT2D eigenvalue weighted by molar-refractivity contribution is 0.122. The number of rotatable bonds is 7. The molecule has 1 atom stereocenters. The molecule has 0 radical (unpaired) electrons. The average Bonchev–Trinajstić information content (AvgIpc) is 3.34. The van der Waals surface area contributed by atoms with E-state index >= 15 is 0 Å². The van der Waals surface area contributed by atoms with Crippen LogP contribution in [0.2, 0.25) is 0 Å². The zero-order chi connectivity index (χ0) is 22.6. The van der Waals surface area contributed by atoms with Gasteiger partial charge in [-0.2, -0.15) is 0 Å². The van der Waals surface area contributed by atoms with E-state index in [4.69, 9.17) is 14.8 Å². The predicted molar refractivity (Wildman–Crippen MR) is 125 cm³/mol. The molecule has 170 valence electrons. The van der Waals surface area contributed by atoms with E-state index in [0.717, 1.165) is 35.7 Å². The Bertz CT molecular complexity index is 1210. The Labute approximate surface area is 190 Å². The summed E-state index contributed by atoms with van der Waals surface area (Å²) in [5, 5.41) is 29.9. The standard InChI is InChI=1S/C23H25N7O3/c31-15-19-8-7-18(14-24-19)26-23(32)25-17-5-3-16(4-6-17)21-27-22(29-10-12-33-13-11-29)20-2-1-9-30(20)28-21/h1-9,14,23,25-26,31-32H,10-13,15H2. The summed E-state index contributed by atoms with van der Waals surface area (Å²) in [5.41, 5.74) is 3.77. The summed E-state index contributed by atoms with van der Waals surface area (Å²) in [5.74, 6) is 1.52. The van der Waals surface area contributed by atoms with Crippen LogP contribution in [-0.4, -0.2) is 62.5 Å². The molecule has 1 aromatic carbocycles. The van der Waals surface area contributed by atoms with E-state index in [0.29, 0.717) is 30.4 Å². The fourth-order valence-electron chi connectivity index (χ4n) is 3.72. The number of aromatic nitrogens is 4. The monoisotopic (exact) mass is 447 g/mol. The van der Waals surface area contributed by atoms with Crippen LogP contribution < -0.4 is 15.5 Å². The lowest BCUT2D eigenvalue weighted by atomic mass is 10.2. The first-order valence-corrected chi connectivity index (χ1v) is 10.7. The second-order valence-corrected chi connectivity index (χ2v) is 7.66. The Kier molecular flexibility index (Phi) is 6.03. The van der Waals surface area contributed by atoms with E-state index in [-0.39, 0.29) is 6.61 Å². The molecule has 4 aromatic rings. The van der Waals surface area contributed by atoms with Crippen molar-refractivity contribution in [2.24, 2.45) is 0 Å². The molecule has 3 aromatic heterocycles. The summed E-state index contributed by atoms with van der Waals surface area (Å²) in [6.07, 6.45) is 2.46. The van der Waals surface area contributed by atoms with Crippen LogP contribution in [0.4, 0.5) is 17.2 Å². The van der Waals surface area contributed by atoms with Crippen molar-refractivity contribution in [1.82, 2.24) is 19.6 Å². The molecule has 1 aliphatic heterocycles. The van der Waals surface area contributed by atoms with Gasteiger partial charge in [0, 0.05) is 30.5 Å². The molecule has 1 saturated heterocycles. The van der Waals surface area contributed by atoms with Crippen molar-refractivity contribution in [3.8, 4) is 11.4 Å². The Morgan fingerprint density at radius 3 is 2.48 bits per heavy atom. The number of fused-ring (bicyclic) bond motifs is 1. The van der Waals surface area contributed by atoms with Gasteiger partial charge in [0.15, 0.2) is 11.6 Å². The quantitative estimate of drug-likeness (QED) is 0.315. The number of anilines is 3. The van der Waals surface area contributed by atoms with Crippen LogP contribution in [-0.2, 0) is 11.3 Å². The van der Waals surface area contributed by atoms with Crippen LogP contribution in [0, 0.1) is 0 Å². The van der Waals surface area contributed by atoms with E-state index in [1.807, 2.05) is 47.1 Å². The zero-order valence-corrected chi connectivity index (χ0v) is 17.9. The lowest BCUT2D eigenvalue weighted by Gasteiger charge is -2.28. The minimum atomic E-state index is -1.02. The maximum absolute atomic E-state index is 10.3. The Morgan fingerprint density at radius 1 is 1.00 bits per heavy atom. The number of hydrogen-bond acceptors (Lipinski definition) is 9. The highest BCUT2D eigenvalue weighted by molar-refractivity contribution is 5.72. The molecule has 5 rings (SSSR count). The minimum absolute atomic E-state index is 0.123. The molecule has 4 N–H and O–H groups in total. The number of ether oxygens (including phenoxy) is 1. The summed E-state index contributed by atoms with van der Waals surface area (Å²) in [6, 6.07) is 15.0. The normalized spacial score (nSPS) is 14.9. The van der Waals surface area contributed by atoms with Gasteiger partial charge in [-0.05, 0) is 48.5 Å². The summed E-state index contributed by atoms with van der Waals surface area (Å²) >= 11 is 0. The van der Waals surface area contributed by atoms with Gasteiger partial charge in [0.05, 0.1) is 37.4 Å². The smallest absolute Gasteiger partial charge is 0.202 e. The van der Waals surface area contributed by atoms with Gasteiger partial charge in [-0.3, -0.25) is 4.98 Å². The van der Waals surface area contributed by atoms with Crippen molar-refractivity contribution in [2.75, 3.05) is 41.8 Å². The van der Waals surface area contributed by atoms with Crippen LogP contribution in [0.25, 0.3) is 16.9 Å². The summed E-state index contributed by atoms with van der Waals surface area (Å²) in [6.45, 7) is 2.84. The van der Waals surface area contributed by atoms with Crippen molar-refractivity contribution >= 4 is 22.7 Å². The van der Waals surface area contributed by atoms with Crippen LogP contribution in [0.15, 0.2) is 60.9 Å². The molecule has 0 amide bonds. The molecule has 1 fully saturated rings. The highest BCUT2D eigenvalue weighted by atomic mass is 16.5. The zero-order valence-electron chi connectivity index (χ0n) is 17.9. The van der Waals surface area contributed by atoms with E-state index in [1.54, 1.807) is 18.3 Å². The number of morpholine rings is 1. The van der Waals surface area contributed by atoms with Crippen molar-refractivity contribution in [1.29, 1.82) is 0 Å². The largest absolute Gasteiger partial charge is 0.390 e. The molecule has 10 nitrogen and oxygen atoms in total. The molecular formula is C23H25N7O3. The second kappa shape index (κ2) is 9.41. The Morgan fingerprint density at radius 2 is 1.76 bits per heavy atom. The van der Waals surface area contributed by atoms with Gasteiger partial charge in [0.25, 0.3) is 0 Å². The molecule has 33 heavy (non-hydrogen) atoms. The molecule has 0 saturated carbocycles. The third-order valence-corrected chi connectivity index (χ3v) is 5.42. The van der Waals surface area contributed by atoms with Crippen molar-refractivity contribution in [2.45, 2.75) is 13.0 Å². The van der Waals surface area contributed by atoms with Crippen LogP contribution in [0.3, 0.4) is 0 Å². The lowest BCUT2D eigenvalue weighted by Crippen LogP contribution is -2.37. The van der Waals surface area contributed by atoms with Gasteiger partial charge in [-0.25, -0.2) is 9.50 Å². The average molecular weight is 447 g/mol. The molecule has 1 unspecified atom stereocenters. The van der Waals surface area contributed by atoms with E-state index in [2.05, 4.69) is 25.6 Å². The van der Waals surface area contributed by atoms with E-state index in [9.17, 15) is 5.11 Å². The SMILES string of the molecule is OCc1ccc(NC(O)Nc2ccc(-c3nc(N4CCOCC4)c4cccn4n3)cc2)cn1. The Hall–Kier alpha value is -3.73. The third-order valence-electron chi connectivity index (χ3n) is 5.42. The van der Waals surface area contributed by atoms with E-state index < -0.39 is 6.35 Å². The topological polar surface area (TPSA) is 120 Å². The van der Waals surface area contributed by atoms with E-state index in [1.165, 1.54) is 0 Å². The van der Waals surface area contributed by atoms with Crippen LogP contribution >= 0.6 is 0 Å². The molecule has 4 heterocycles. The first-order valence-electron chi connectivity index (χ1n) is 10.7. The number of pyridine rings is 1. The van der Waals surface area contributed by atoms with Crippen molar-refractivity contribution < 1.29 is 14.9 Å². The number of hydrogen-bond donors (Lipinski definition) is 4. The van der Waals surface area contributed by atoms with Crippen LogP contribution in [0.1, 0.15) is 5.69 Å². The maximum Gasteiger partial charge on any atom is 0.202 e. The van der Waals surface area contributed by atoms with Gasteiger partial charge >= 0.3 is 0 Å². The summed E-state index contributed by atoms with van der Waals surface area (Å²) in [4.78, 5) is 11.2. The third kappa shape index (κ3) is 4.72. The fourth-order valence-corrected chi connectivity index (χ4v) is 3.72. The number of benzene rings is 1. The molecule has 1 aliphatic rings. The first kappa shape index (κ1) is 21.1. The Balaban J connectivity index is 1.31. The molecule has 0 spiro atoms. The highest BCUT2D eigenvalue weighted by Gasteiger charge is 2.18. The van der Waals surface area contributed by atoms with Crippen molar-refractivity contribution in [3.05, 3.63) is 66.6 Å². The molecule has 0 bridgehead atoms. The van der Waals surface area contributed by atoms with Gasteiger partial charge in [-0.15, -0.1) is 5.10 Å². The van der Waals surface area contributed by atoms with Crippen LogP contribution in [0.5, 0.6) is 0 Å². The molecule has 10 heteroatoms. The number of aliphatic hydroxyl groups excluding tert-OH is 2. The van der Waals surface area contributed by atoms with Crippen molar-refractivity contribution in [3.63, 3.8) is 0 Å². The number of nitrogens with zero attached hydrogens (tertiary/aromatic N) is 5. The number of nitrogens with one attached hydrogen (secondary N) is 2. The van der Waals surface area contributed by atoms with Gasteiger partial charge < -0.3 is 30.5 Å². The van der Waals surface area contributed by atoms with Gasteiger partial charge in [-0.1, -0.05) is 0 Å². The summed E-state index contributed by atoms with van der Waals surface area (Å²) < 4.78 is 7.33. The fraction of sp³-hybridized carbons (Fsp3) is 0.261.